The Kier molecular flexibility index (Phi) is 4.20. The van der Waals surface area contributed by atoms with Crippen molar-refractivity contribution >= 4 is 38.2 Å². The average molecular weight is 341 g/mol. The van der Waals surface area contributed by atoms with Gasteiger partial charge < -0.3 is 10.6 Å². The van der Waals surface area contributed by atoms with Crippen LogP contribution < -0.4 is 15.8 Å². The third kappa shape index (κ3) is 3.53. The fourth-order valence-corrected chi connectivity index (χ4v) is 2.93. The lowest BCUT2D eigenvalue weighted by Crippen LogP contribution is -2.20. The molecule has 24 heavy (non-hydrogen) atoms. The highest BCUT2D eigenvalue weighted by Gasteiger charge is 2.10. The maximum Gasteiger partial charge on any atom is 0.323 e. The van der Waals surface area contributed by atoms with Crippen LogP contribution in [0.4, 0.5) is 16.2 Å². The van der Waals surface area contributed by atoms with Gasteiger partial charge in [-0.3, -0.25) is 0 Å². The van der Waals surface area contributed by atoms with E-state index in [1.807, 2.05) is 36.4 Å². The summed E-state index contributed by atoms with van der Waals surface area (Å²) >= 11 is 0. The van der Waals surface area contributed by atoms with Crippen LogP contribution in [-0.2, 0) is 10.0 Å². The number of hydrogen-bond donors (Lipinski definition) is 3. The van der Waals surface area contributed by atoms with Crippen LogP contribution in [-0.4, -0.2) is 14.4 Å². The minimum absolute atomic E-state index is 0.0644. The number of hydrogen-bond acceptors (Lipinski definition) is 3. The number of rotatable bonds is 3. The van der Waals surface area contributed by atoms with Crippen LogP contribution in [0.5, 0.6) is 0 Å². The Morgan fingerprint density at radius 1 is 0.875 bits per heavy atom. The number of benzene rings is 3. The smallest absolute Gasteiger partial charge is 0.308 e. The number of carbonyl (C=O) groups is 1. The van der Waals surface area contributed by atoms with Gasteiger partial charge in [0.2, 0.25) is 10.0 Å². The zero-order chi connectivity index (χ0) is 17.2. The van der Waals surface area contributed by atoms with Gasteiger partial charge in [0.1, 0.15) is 0 Å². The standard InChI is InChI=1S/C17H15N3O3S/c18-24(22,23)14-8-4-7-13(11-14)19-17(21)20-16-10-3-6-12-5-1-2-9-15(12)16/h1-11H,(H2,18,22,23)(H2,19,20,21). The number of amides is 2. The molecule has 3 rings (SSSR count). The molecule has 7 heteroatoms. The lowest BCUT2D eigenvalue weighted by molar-refractivity contribution is 0.262. The molecule has 0 radical (unpaired) electrons. The van der Waals surface area contributed by atoms with E-state index >= 15 is 0 Å². The van der Waals surface area contributed by atoms with Crippen LogP contribution in [0.2, 0.25) is 0 Å². The summed E-state index contributed by atoms with van der Waals surface area (Å²) in [6.45, 7) is 0. The van der Waals surface area contributed by atoms with Gasteiger partial charge in [0.05, 0.1) is 10.6 Å². The molecule has 0 aliphatic rings. The molecule has 0 bridgehead atoms. The summed E-state index contributed by atoms with van der Waals surface area (Å²) in [5, 5.41) is 12.4. The average Bonchev–Trinajstić information content (AvgIpc) is 2.54. The predicted molar refractivity (Wildman–Crippen MR) is 94.4 cm³/mol. The van der Waals surface area contributed by atoms with Crippen LogP contribution in [0.1, 0.15) is 0 Å². The summed E-state index contributed by atoms with van der Waals surface area (Å²) < 4.78 is 22.7. The van der Waals surface area contributed by atoms with Gasteiger partial charge in [0, 0.05) is 11.1 Å². The molecule has 0 spiro atoms. The Hall–Kier alpha value is -2.90. The van der Waals surface area contributed by atoms with Gasteiger partial charge in [0.15, 0.2) is 0 Å². The van der Waals surface area contributed by atoms with Crippen molar-refractivity contribution in [3.8, 4) is 0 Å². The van der Waals surface area contributed by atoms with E-state index in [9.17, 15) is 13.2 Å². The fraction of sp³-hybridized carbons (Fsp3) is 0. The van der Waals surface area contributed by atoms with Crippen molar-refractivity contribution in [1.29, 1.82) is 0 Å². The Morgan fingerprint density at radius 3 is 2.38 bits per heavy atom. The number of nitrogens with one attached hydrogen (secondary N) is 2. The predicted octanol–water partition coefficient (Wildman–Crippen LogP) is 3.13. The van der Waals surface area contributed by atoms with Crippen molar-refractivity contribution in [1.82, 2.24) is 0 Å². The highest BCUT2D eigenvalue weighted by atomic mass is 32.2. The largest absolute Gasteiger partial charge is 0.323 e. The SMILES string of the molecule is NS(=O)(=O)c1cccc(NC(=O)Nc2cccc3ccccc23)c1. The molecule has 2 amide bonds. The maximum absolute atomic E-state index is 12.2. The van der Waals surface area contributed by atoms with Crippen molar-refractivity contribution in [2.75, 3.05) is 10.6 Å². The first-order valence-electron chi connectivity index (χ1n) is 7.12. The summed E-state index contributed by atoms with van der Waals surface area (Å²) in [5.74, 6) is 0. The number of primary sulfonamides is 1. The second-order valence-corrected chi connectivity index (χ2v) is 6.74. The molecular weight excluding hydrogens is 326 g/mol. The third-order valence-corrected chi connectivity index (χ3v) is 4.37. The molecule has 0 saturated heterocycles. The van der Waals surface area contributed by atoms with E-state index in [2.05, 4.69) is 10.6 Å². The van der Waals surface area contributed by atoms with Crippen molar-refractivity contribution in [3.63, 3.8) is 0 Å². The highest BCUT2D eigenvalue weighted by molar-refractivity contribution is 7.89. The first kappa shape index (κ1) is 16.0. The first-order chi connectivity index (χ1) is 11.4. The molecule has 0 aliphatic heterocycles. The van der Waals surface area contributed by atoms with Crippen LogP contribution in [0.25, 0.3) is 10.8 Å². The van der Waals surface area contributed by atoms with Crippen molar-refractivity contribution in [2.45, 2.75) is 4.90 Å². The summed E-state index contributed by atoms with van der Waals surface area (Å²) in [6.07, 6.45) is 0. The molecule has 4 N–H and O–H groups in total. The van der Waals surface area contributed by atoms with E-state index in [1.165, 1.54) is 18.2 Å². The van der Waals surface area contributed by atoms with Gasteiger partial charge in [0.25, 0.3) is 0 Å². The lowest BCUT2D eigenvalue weighted by atomic mass is 10.1. The minimum atomic E-state index is -3.82. The van der Waals surface area contributed by atoms with Gasteiger partial charge >= 0.3 is 6.03 Å². The number of sulfonamides is 1. The number of fused-ring (bicyclic) bond motifs is 1. The summed E-state index contributed by atoms with van der Waals surface area (Å²) in [5.41, 5.74) is 0.993. The van der Waals surface area contributed by atoms with Gasteiger partial charge in [-0.15, -0.1) is 0 Å². The van der Waals surface area contributed by atoms with Crippen molar-refractivity contribution in [3.05, 3.63) is 66.7 Å². The van der Waals surface area contributed by atoms with E-state index in [1.54, 1.807) is 12.1 Å². The number of urea groups is 1. The summed E-state index contributed by atoms with van der Waals surface area (Å²) in [4.78, 5) is 12.1. The second kappa shape index (κ2) is 6.31. The van der Waals surface area contributed by atoms with Crippen LogP contribution in [0, 0.1) is 0 Å². The van der Waals surface area contributed by atoms with E-state index in [0.717, 1.165) is 10.8 Å². The molecule has 0 aromatic heterocycles. The van der Waals surface area contributed by atoms with Crippen LogP contribution in [0.15, 0.2) is 71.6 Å². The highest BCUT2D eigenvalue weighted by Crippen LogP contribution is 2.23. The zero-order valence-electron chi connectivity index (χ0n) is 12.6. The van der Waals surface area contributed by atoms with Crippen LogP contribution >= 0.6 is 0 Å². The van der Waals surface area contributed by atoms with Gasteiger partial charge in [-0.25, -0.2) is 18.4 Å². The van der Waals surface area contributed by atoms with E-state index in [-0.39, 0.29) is 4.90 Å². The topological polar surface area (TPSA) is 101 Å². The molecule has 0 aliphatic carbocycles. The van der Waals surface area contributed by atoms with Crippen LogP contribution in [0.3, 0.4) is 0 Å². The molecule has 3 aromatic carbocycles. The van der Waals surface area contributed by atoms with Gasteiger partial charge in [-0.2, -0.15) is 0 Å². The van der Waals surface area contributed by atoms with E-state index in [4.69, 9.17) is 5.14 Å². The fourth-order valence-electron chi connectivity index (χ4n) is 2.37. The minimum Gasteiger partial charge on any atom is -0.308 e. The van der Waals surface area contributed by atoms with Crippen molar-refractivity contribution in [2.24, 2.45) is 5.14 Å². The monoisotopic (exact) mass is 341 g/mol. The Labute approximate surface area is 139 Å². The molecule has 122 valence electrons. The Morgan fingerprint density at radius 2 is 1.58 bits per heavy atom. The summed E-state index contributed by atoms with van der Waals surface area (Å²) in [6, 6.07) is 18.5. The molecule has 0 fully saturated rings. The molecule has 6 nitrogen and oxygen atoms in total. The lowest BCUT2D eigenvalue weighted by Gasteiger charge is -2.10. The molecule has 0 unspecified atom stereocenters. The molecule has 0 atom stereocenters. The van der Waals surface area contributed by atoms with Gasteiger partial charge in [-0.05, 0) is 29.7 Å². The Balaban J connectivity index is 1.81. The quantitative estimate of drug-likeness (QED) is 0.682. The maximum atomic E-state index is 12.2. The Bertz CT molecular complexity index is 1010. The molecule has 3 aromatic rings. The molecular formula is C17H15N3O3S. The first-order valence-corrected chi connectivity index (χ1v) is 8.67. The molecule has 0 heterocycles. The molecule has 0 saturated carbocycles. The number of nitrogens with two attached hydrogens (primary N) is 1. The number of carbonyl (C=O) groups excluding carboxylic acids is 1. The normalized spacial score (nSPS) is 11.2. The van der Waals surface area contributed by atoms with E-state index < -0.39 is 16.1 Å². The summed E-state index contributed by atoms with van der Waals surface area (Å²) in [7, 11) is -3.82. The van der Waals surface area contributed by atoms with E-state index in [0.29, 0.717) is 11.4 Å². The van der Waals surface area contributed by atoms with Gasteiger partial charge in [-0.1, -0.05) is 42.5 Å². The second-order valence-electron chi connectivity index (χ2n) is 5.18. The van der Waals surface area contributed by atoms with Crippen molar-refractivity contribution < 1.29 is 13.2 Å². The third-order valence-electron chi connectivity index (χ3n) is 3.46. The number of anilines is 2. The zero-order valence-corrected chi connectivity index (χ0v) is 13.4.